The molecule has 1 fully saturated rings. The number of nitrogens with zero attached hydrogens (tertiary/aromatic N) is 3. The predicted octanol–water partition coefficient (Wildman–Crippen LogP) is 1.99. The third-order valence-electron chi connectivity index (χ3n) is 3.14. The van der Waals surface area contributed by atoms with Gasteiger partial charge in [0.2, 0.25) is 5.88 Å². The van der Waals surface area contributed by atoms with Gasteiger partial charge in [-0.15, -0.1) is 0 Å². The highest BCUT2D eigenvalue weighted by atomic mass is 79.9. The van der Waals surface area contributed by atoms with E-state index < -0.39 is 0 Å². The van der Waals surface area contributed by atoms with Crippen molar-refractivity contribution in [1.82, 2.24) is 9.88 Å². The molecule has 4 nitrogen and oxygen atoms in total. The monoisotopic (exact) mass is 299 g/mol. The lowest BCUT2D eigenvalue weighted by Crippen LogP contribution is -2.50. The Morgan fingerprint density at radius 3 is 2.82 bits per heavy atom. The van der Waals surface area contributed by atoms with Crippen LogP contribution in [0.5, 0.6) is 5.88 Å². The summed E-state index contributed by atoms with van der Waals surface area (Å²) in [6, 6.07) is 4.51. The summed E-state index contributed by atoms with van der Waals surface area (Å²) in [6.07, 6.45) is 0. The highest BCUT2D eigenvalue weighted by Gasteiger charge is 2.24. The molecule has 5 heteroatoms. The molecule has 1 aliphatic heterocycles. The molecule has 0 amide bonds. The molecule has 1 aliphatic rings. The normalized spacial score (nSPS) is 21.6. The standard InChI is InChI=1S/C12H18BrN3O/c1-9-8-15(2)6-7-16(9)10-4-5-11(13)14-12(10)17-3/h4-5,9H,6-8H2,1-3H3/t9-/m1/s1. The molecule has 17 heavy (non-hydrogen) atoms. The van der Waals surface area contributed by atoms with Gasteiger partial charge in [0.05, 0.1) is 7.11 Å². The van der Waals surface area contributed by atoms with Crippen LogP contribution in [0.1, 0.15) is 6.92 Å². The number of likely N-dealkylation sites (N-methyl/N-ethyl adjacent to an activating group) is 1. The SMILES string of the molecule is COc1nc(Br)ccc1N1CCN(C)C[C@H]1C. The Morgan fingerprint density at radius 2 is 2.18 bits per heavy atom. The second-order valence-electron chi connectivity index (χ2n) is 4.47. The van der Waals surface area contributed by atoms with Crippen molar-refractivity contribution in [2.75, 3.05) is 38.7 Å². The van der Waals surface area contributed by atoms with Crippen LogP contribution in [0.15, 0.2) is 16.7 Å². The van der Waals surface area contributed by atoms with Crippen LogP contribution >= 0.6 is 15.9 Å². The second kappa shape index (κ2) is 5.23. The van der Waals surface area contributed by atoms with E-state index in [1.165, 1.54) is 0 Å². The number of methoxy groups -OCH3 is 1. The van der Waals surface area contributed by atoms with Gasteiger partial charge in [-0.1, -0.05) is 0 Å². The summed E-state index contributed by atoms with van der Waals surface area (Å²) in [4.78, 5) is 9.07. The first-order chi connectivity index (χ1) is 8.11. The van der Waals surface area contributed by atoms with Crippen molar-refractivity contribution in [1.29, 1.82) is 0 Å². The van der Waals surface area contributed by atoms with Crippen LogP contribution in [0.25, 0.3) is 0 Å². The minimum Gasteiger partial charge on any atom is -0.479 e. The van der Waals surface area contributed by atoms with Gasteiger partial charge in [0.25, 0.3) is 0 Å². The molecular weight excluding hydrogens is 282 g/mol. The maximum atomic E-state index is 5.36. The summed E-state index contributed by atoms with van der Waals surface area (Å²) < 4.78 is 6.16. The van der Waals surface area contributed by atoms with Crippen molar-refractivity contribution < 1.29 is 4.74 Å². The second-order valence-corrected chi connectivity index (χ2v) is 5.28. The summed E-state index contributed by atoms with van der Waals surface area (Å²) in [5.41, 5.74) is 1.08. The molecule has 1 saturated heterocycles. The average molecular weight is 300 g/mol. The zero-order chi connectivity index (χ0) is 12.4. The van der Waals surface area contributed by atoms with E-state index in [9.17, 15) is 0 Å². The first-order valence-corrected chi connectivity index (χ1v) is 6.57. The summed E-state index contributed by atoms with van der Waals surface area (Å²) in [6.45, 7) is 5.39. The topological polar surface area (TPSA) is 28.6 Å². The van der Waals surface area contributed by atoms with Crippen molar-refractivity contribution >= 4 is 21.6 Å². The van der Waals surface area contributed by atoms with Crippen LogP contribution in [0, 0.1) is 0 Å². The molecule has 0 N–H and O–H groups in total. The number of ether oxygens (including phenoxy) is 1. The number of aromatic nitrogens is 1. The van der Waals surface area contributed by atoms with Crippen LogP contribution in [-0.2, 0) is 0 Å². The Morgan fingerprint density at radius 1 is 1.41 bits per heavy atom. The van der Waals surface area contributed by atoms with Crippen molar-refractivity contribution in [3.05, 3.63) is 16.7 Å². The third kappa shape index (κ3) is 2.72. The zero-order valence-corrected chi connectivity index (χ0v) is 12.1. The van der Waals surface area contributed by atoms with E-state index in [4.69, 9.17) is 4.74 Å². The van der Waals surface area contributed by atoms with Crippen LogP contribution in [0.3, 0.4) is 0 Å². The number of piperazine rings is 1. The van der Waals surface area contributed by atoms with Crippen LogP contribution < -0.4 is 9.64 Å². The molecule has 0 spiro atoms. The minimum atomic E-state index is 0.477. The molecular formula is C12H18BrN3O. The fourth-order valence-corrected chi connectivity index (χ4v) is 2.57. The highest BCUT2D eigenvalue weighted by molar-refractivity contribution is 9.10. The maximum Gasteiger partial charge on any atom is 0.238 e. The molecule has 1 aromatic rings. The molecule has 1 aromatic heterocycles. The Kier molecular flexibility index (Phi) is 3.89. The van der Waals surface area contributed by atoms with E-state index in [-0.39, 0.29) is 0 Å². The summed E-state index contributed by atoms with van der Waals surface area (Å²) in [7, 11) is 3.82. The van der Waals surface area contributed by atoms with Crippen LogP contribution in [-0.4, -0.2) is 49.7 Å². The molecule has 0 aliphatic carbocycles. The quantitative estimate of drug-likeness (QED) is 0.781. The van der Waals surface area contributed by atoms with Gasteiger partial charge in [-0.3, -0.25) is 0 Å². The molecule has 0 saturated carbocycles. The van der Waals surface area contributed by atoms with E-state index in [1.807, 2.05) is 6.07 Å². The molecule has 0 aromatic carbocycles. The highest BCUT2D eigenvalue weighted by Crippen LogP contribution is 2.30. The first-order valence-electron chi connectivity index (χ1n) is 5.77. The minimum absolute atomic E-state index is 0.477. The molecule has 2 heterocycles. The van der Waals surface area contributed by atoms with Gasteiger partial charge >= 0.3 is 0 Å². The Bertz CT molecular complexity index is 399. The third-order valence-corrected chi connectivity index (χ3v) is 3.58. The molecule has 2 rings (SSSR count). The molecule has 0 radical (unpaired) electrons. The lowest BCUT2D eigenvalue weighted by atomic mass is 10.2. The van der Waals surface area contributed by atoms with Gasteiger partial charge in [0.1, 0.15) is 10.3 Å². The largest absolute Gasteiger partial charge is 0.479 e. The van der Waals surface area contributed by atoms with E-state index in [1.54, 1.807) is 7.11 Å². The van der Waals surface area contributed by atoms with Crippen molar-refractivity contribution in [2.45, 2.75) is 13.0 Å². The first kappa shape index (κ1) is 12.6. The van der Waals surface area contributed by atoms with Gasteiger partial charge in [-0.25, -0.2) is 4.98 Å². The van der Waals surface area contributed by atoms with E-state index in [0.29, 0.717) is 11.9 Å². The lowest BCUT2D eigenvalue weighted by Gasteiger charge is -2.39. The summed E-state index contributed by atoms with van der Waals surface area (Å²) in [5.74, 6) is 0.691. The van der Waals surface area contributed by atoms with Gasteiger partial charge < -0.3 is 14.5 Å². The van der Waals surface area contributed by atoms with Crippen molar-refractivity contribution in [2.24, 2.45) is 0 Å². The summed E-state index contributed by atoms with van der Waals surface area (Å²) >= 11 is 3.37. The van der Waals surface area contributed by atoms with Crippen LogP contribution in [0.4, 0.5) is 5.69 Å². The predicted molar refractivity (Wildman–Crippen MR) is 72.8 cm³/mol. The molecule has 0 unspecified atom stereocenters. The molecule has 94 valence electrons. The number of anilines is 1. The maximum absolute atomic E-state index is 5.36. The fourth-order valence-electron chi connectivity index (χ4n) is 2.28. The van der Waals surface area contributed by atoms with Gasteiger partial charge in [0, 0.05) is 25.7 Å². The Hall–Kier alpha value is -0.810. The number of pyridine rings is 1. The number of hydrogen-bond acceptors (Lipinski definition) is 4. The van der Waals surface area contributed by atoms with E-state index in [2.05, 4.69) is 50.8 Å². The van der Waals surface area contributed by atoms with Crippen molar-refractivity contribution in [3.63, 3.8) is 0 Å². The summed E-state index contributed by atoms with van der Waals surface area (Å²) in [5, 5.41) is 0. The number of halogens is 1. The van der Waals surface area contributed by atoms with Gasteiger partial charge in [0.15, 0.2) is 0 Å². The van der Waals surface area contributed by atoms with Crippen molar-refractivity contribution in [3.8, 4) is 5.88 Å². The average Bonchev–Trinajstić information content (AvgIpc) is 2.30. The Balaban J connectivity index is 2.27. The fraction of sp³-hybridized carbons (Fsp3) is 0.583. The number of rotatable bonds is 2. The van der Waals surface area contributed by atoms with Gasteiger partial charge in [-0.2, -0.15) is 0 Å². The van der Waals surface area contributed by atoms with E-state index >= 15 is 0 Å². The zero-order valence-electron chi connectivity index (χ0n) is 10.5. The van der Waals surface area contributed by atoms with E-state index in [0.717, 1.165) is 29.9 Å². The smallest absolute Gasteiger partial charge is 0.238 e. The molecule has 1 atom stereocenters. The van der Waals surface area contributed by atoms with Crippen LogP contribution in [0.2, 0.25) is 0 Å². The lowest BCUT2D eigenvalue weighted by molar-refractivity contribution is 0.273. The Labute approximate surface area is 111 Å². The molecule has 0 bridgehead atoms. The number of hydrogen-bond donors (Lipinski definition) is 0. The van der Waals surface area contributed by atoms with Gasteiger partial charge in [-0.05, 0) is 42.0 Å².